The summed E-state index contributed by atoms with van der Waals surface area (Å²) in [6.07, 6.45) is -4.56. The summed E-state index contributed by atoms with van der Waals surface area (Å²) in [6, 6.07) is 9.27. The summed E-state index contributed by atoms with van der Waals surface area (Å²) in [5, 5.41) is 13.5. The number of carbonyl (C=O) groups is 2. The maximum atomic E-state index is 12.9. The predicted molar refractivity (Wildman–Crippen MR) is 121 cm³/mol. The summed E-state index contributed by atoms with van der Waals surface area (Å²) in [6.45, 7) is 0.0982. The van der Waals surface area contributed by atoms with Crippen LogP contribution in [0.25, 0.3) is 0 Å². The van der Waals surface area contributed by atoms with Crippen molar-refractivity contribution in [3.63, 3.8) is 0 Å². The number of methoxy groups -OCH3 is 1. The van der Waals surface area contributed by atoms with Crippen LogP contribution >= 0.6 is 23.4 Å². The highest BCUT2D eigenvalue weighted by Crippen LogP contribution is 2.34. The van der Waals surface area contributed by atoms with Crippen molar-refractivity contribution in [1.29, 1.82) is 0 Å². The Hall–Kier alpha value is -3.25. The zero-order valence-corrected chi connectivity index (χ0v) is 19.5. The first-order chi connectivity index (χ1) is 16.1. The number of nitrogens with zero attached hydrogens (tertiary/aromatic N) is 3. The monoisotopic (exact) mass is 513 g/mol. The molecule has 0 fully saturated rings. The van der Waals surface area contributed by atoms with Gasteiger partial charge in [-0.15, -0.1) is 10.2 Å². The fourth-order valence-corrected chi connectivity index (χ4v) is 3.64. The average molecular weight is 514 g/mol. The molecule has 0 unspecified atom stereocenters. The molecule has 3 rings (SSSR count). The van der Waals surface area contributed by atoms with Crippen molar-refractivity contribution >= 4 is 40.9 Å². The molecule has 2 N–H and O–H groups in total. The first-order valence-electron chi connectivity index (χ1n) is 9.68. The van der Waals surface area contributed by atoms with E-state index in [-0.39, 0.29) is 28.9 Å². The second kappa shape index (κ2) is 10.8. The third-order valence-corrected chi connectivity index (χ3v) is 5.93. The van der Waals surface area contributed by atoms with Crippen molar-refractivity contribution in [2.45, 2.75) is 17.9 Å². The molecule has 0 saturated carbocycles. The molecule has 1 heterocycles. The molecule has 0 radical (unpaired) electrons. The summed E-state index contributed by atoms with van der Waals surface area (Å²) >= 11 is 6.93. The molecule has 8 nitrogen and oxygen atoms in total. The lowest BCUT2D eigenvalue weighted by Gasteiger charge is -2.11. The lowest BCUT2D eigenvalue weighted by atomic mass is 10.2. The van der Waals surface area contributed by atoms with E-state index in [0.29, 0.717) is 22.3 Å². The minimum absolute atomic E-state index is 0.0140. The van der Waals surface area contributed by atoms with Gasteiger partial charge in [-0.25, -0.2) is 0 Å². The Kier molecular flexibility index (Phi) is 8.05. The van der Waals surface area contributed by atoms with Gasteiger partial charge in [-0.2, -0.15) is 13.2 Å². The number of carbonyl (C=O) groups excluding carboxylic acids is 2. The second-order valence-electron chi connectivity index (χ2n) is 6.90. The summed E-state index contributed by atoms with van der Waals surface area (Å²) < 4.78 is 45.3. The Morgan fingerprint density at radius 2 is 1.85 bits per heavy atom. The summed E-state index contributed by atoms with van der Waals surface area (Å²) in [7, 11) is 3.20. The van der Waals surface area contributed by atoms with Gasteiger partial charge in [-0.05, 0) is 42.5 Å². The zero-order chi connectivity index (χ0) is 24.9. The third kappa shape index (κ3) is 6.41. The third-order valence-electron chi connectivity index (χ3n) is 4.58. The van der Waals surface area contributed by atoms with E-state index in [4.69, 9.17) is 16.3 Å². The second-order valence-corrected chi connectivity index (χ2v) is 8.25. The number of anilines is 1. The van der Waals surface area contributed by atoms with Gasteiger partial charge in [-0.3, -0.25) is 9.59 Å². The highest BCUT2D eigenvalue weighted by Gasteiger charge is 2.31. The molecular weight excluding hydrogens is 495 g/mol. The number of hydrogen-bond donors (Lipinski definition) is 2. The largest absolute Gasteiger partial charge is 0.497 e. The highest BCUT2D eigenvalue weighted by molar-refractivity contribution is 7.99. The molecule has 0 bridgehead atoms. The van der Waals surface area contributed by atoms with Gasteiger partial charge >= 0.3 is 6.18 Å². The van der Waals surface area contributed by atoms with Gasteiger partial charge in [0.2, 0.25) is 5.91 Å². The number of alkyl halides is 3. The Labute approximate surface area is 201 Å². The molecule has 2 amide bonds. The summed E-state index contributed by atoms with van der Waals surface area (Å²) in [5.74, 6) is 0.0638. The van der Waals surface area contributed by atoms with E-state index in [9.17, 15) is 22.8 Å². The smallest absolute Gasteiger partial charge is 0.416 e. The molecule has 180 valence electrons. The van der Waals surface area contributed by atoms with Crippen molar-refractivity contribution in [1.82, 2.24) is 20.1 Å². The summed E-state index contributed by atoms with van der Waals surface area (Å²) in [5.41, 5.74) is -0.612. The minimum atomic E-state index is -4.56. The van der Waals surface area contributed by atoms with Gasteiger partial charge in [-0.1, -0.05) is 23.4 Å². The quantitative estimate of drug-likeness (QED) is 0.439. The van der Waals surface area contributed by atoms with Crippen LogP contribution in [0.1, 0.15) is 21.7 Å². The van der Waals surface area contributed by atoms with Crippen LogP contribution in [0.3, 0.4) is 0 Å². The van der Waals surface area contributed by atoms with E-state index in [1.165, 1.54) is 7.11 Å². The number of nitrogens with one attached hydrogen (secondary N) is 2. The molecule has 13 heteroatoms. The van der Waals surface area contributed by atoms with Crippen LogP contribution in [0.5, 0.6) is 5.75 Å². The number of benzene rings is 2. The van der Waals surface area contributed by atoms with Gasteiger partial charge in [0.25, 0.3) is 5.91 Å². The molecule has 0 spiro atoms. The molecule has 0 aliphatic rings. The lowest BCUT2D eigenvalue weighted by Crippen LogP contribution is -2.24. The molecule has 0 atom stereocenters. The van der Waals surface area contributed by atoms with Crippen molar-refractivity contribution in [2.75, 3.05) is 18.2 Å². The Morgan fingerprint density at radius 3 is 2.50 bits per heavy atom. The van der Waals surface area contributed by atoms with Crippen molar-refractivity contribution < 1.29 is 27.5 Å². The number of halogens is 4. The van der Waals surface area contributed by atoms with Gasteiger partial charge in [0.1, 0.15) is 5.75 Å². The van der Waals surface area contributed by atoms with E-state index in [0.717, 1.165) is 30.0 Å². The molecule has 0 aliphatic carbocycles. The Balaban J connectivity index is 1.55. The SMILES string of the molecule is COc1ccc(C(=O)NCc2nnc(SCC(=O)Nc3cc(C(F)(F)F)ccc3Cl)n2C)cc1. The van der Waals surface area contributed by atoms with E-state index >= 15 is 0 Å². The number of aromatic nitrogens is 3. The Bertz CT molecular complexity index is 1190. The van der Waals surface area contributed by atoms with E-state index < -0.39 is 17.6 Å². The standard InChI is InChI=1S/C21H19ClF3N5O3S/c1-30-17(10-26-19(32)12-3-6-14(33-2)7-4-12)28-29-20(30)34-11-18(31)27-16-9-13(21(23,24)25)5-8-15(16)22/h3-9H,10-11H2,1-2H3,(H,26,32)(H,27,31). The topological polar surface area (TPSA) is 98.1 Å². The van der Waals surface area contributed by atoms with Gasteiger partial charge < -0.3 is 19.9 Å². The van der Waals surface area contributed by atoms with E-state index in [1.807, 2.05) is 0 Å². The molecule has 0 saturated heterocycles. The maximum absolute atomic E-state index is 12.9. The van der Waals surface area contributed by atoms with Gasteiger partial charge in [0, 0.05) is 12.6 Å². The molecule has 34 heavy (non-hydrogen) atoms. The zero-order valence-electron chi connectivity index (χ0n) is 17.9. The number of amides is 2. The average Bonchev–Trinajstić information content (AvgIpc) is 3.16. The minimum Gasteiger partial charge on any atom is -0.497 e. The first kappa shape index (κ1) is 25.4. The van der Waals surface area contributed by atoms with Gasteiger partial charge in [0.15, 0.2) is 11.0 Å². The number of hydrogen-bond acceptors (Lipinski definition) is 6. The van der Waals surface area contributed by atoms with Crippen molar-refractivity contribution in [3.05, 3.63) is 64.4 Å². The van der Waals surface area contributed by atoms with Crippen LogP contribution in [-0.4, -0.2) is 39.4 Å². The number of ether oxygens (including phenoxy) is 1. The van der Waals surface area contributed by atoms with Crippen molar-refractivity contribution in [3.8, 4) is 5.75 Å². The van der Waals surface area contributed by atoms with Crippen molar-refractivity contribution in [2.24, 2.45) is 7.05 Å². The highest BCUT2D eigenvalue weighted by atomic mass is 35.5. The number of thioether (sulfide) groups is 1. The number of rotatable bonds is 8. The molecule has 0 aliphatic heterocycles. The molecule has 2 aromatic carbocycles. The summed E-state index contributed by atoms with van der Waals surface area (Å²) in [4.78, 5) is 24.5. The predicted octanol–water partition coefficient (Wildman–Crippen LogP) is 4.16. The van der Waals surface area contributed by atoms with E-state index in [1.54, 1.807) is 35.9 Å². The van der Waals surface area contributed by atoms with Gasteiger partial charge in [0.05, 0.1) is 35.7 Å². The fourth-order valence-electron chi connectivity index (χ4n) is 2.74. The van der Waals surface area contributed by atoms with Crippen LogP contribution in [0.4, 0.5) is 18.9 Å². The molecule has 3 aromatic rings. The fraction of sp³-hybridized carbons (Fsp3) is 0.238. The van der Waals surface area contributed by atoms with E-state index in [2.05, 4.69) is 20.8 Å². The van der Waals surface area contributed by atoms with Crippen LogP contribution in [0.2, 0.25) is 5.02 Å². The maximum Gasteiger partial charge on any atom is 0.416 e. The lowest BCUT2D eigenvalue weighted by molar-refractivity contribution is -0.137. The van der Waals surface area contributed by atoms with Crippen LogP contribution in [0, 0.1) is 0 Å². The van der Waals surface area contributed by atoms with Crippen LogP contribution in [-0.2, 0) is 24.6 Å². The molecule has 1 aromatic heterocycles. The van der Waals surface area contributed by atoms with Crippen LogP contribution in [0.15, 0.2) is 47.6 Å². The normalized spacial score (nSPS) is 11.2. The molecular formula is C21H19ClF3N5O3S. The first-order valence-corrected chi connectivity index (χ1v) is 11.0. The van der Waals surface area contributed by atoms with Crippen LogP contribution < -0.4 is 15.4 Å². The Morgan fingerprint density at radius 1 is 1.15 bits per heavy atom.